The van der Waals surface area contributed by atoms with Crippen LogP contribution in [0.25, 0.3) is 0 Å². The first kappa shape index (κ1) is 18.2. The minimum Gasteiger partial charge on any atom is -0.352 e. The molecule has 3 fully saturated rings. The Morgan fingerprint density at radius 2 is 2.00 bits per heavy atom. The van der Waals surface area contributed by atoms with Crippen LogP contribution in [0.1, 0.15) is 24.4 Å². The molecule has 0 bridgehead atoms. The van der Waals surface area contributed by atoms with Gasteiger partial charge in [0.15, 0.2) is 0 Å². The molecular weight excluding hydrogens is 347 g/mol. The van der Waals surface area contributed by atoms with E-state index in [1.54, 1.807) is 25.1 Å². The van der Waals surface area contributed by atoms with Crippen molar-refractivity contribution in [2.24, 2.45) is 11.8 Å². The van der Waals surface area contributed by atoms with Gasteiger partial charge in [0.05, 0.1) is 12.6 Å². The summed E-state index contributed by atoms with van der Waals surface area (Å²) in [6.45, 7) is 2.59. The lowest BCUT2D eigenvalue weighted by Gasteiger charge is -2.31. The van der Waals surface area contributed by atoms with E-state index in [1.807, 2.05) is 11.0 Å². The Bertz CT molecular complexity index is 736. The summed E-state index contributed by atoms with van der Waals surface area (Å²) in [7, 11) is 3.49. The summed E-state index contributed by atoms with van der Waals surface area (Å²) in [5.41, 5.74) is 0.835. The molecule has 0 spiro atoms. The third-order valence-electron chi connectivity index (χ3n) is 5.87. The monoisotopic (exact) mass is 374 g/mol. The zero-order valence-electron chi connectivity index (χ0n) is 15.9. The molecule has 3 atom stereocenters. The van der Waals surface area contributed by atoms with Crippen LogP contribution >= 0.6 is 0 Å². The molecule has 0 radical (unpaired) electrons. The van der Waals surface area contributed by atoms with E-state index in [4.69, 9.17) is 0 Å². The van der Waals surface area contributed by atoms with E-state index < -0.39 is 0 Å². The number of nitrogens with zero attached hydrogens (tertiary/aromatic N) is 3. The molecule has 1 saturated carbocycles. The highest BCUT2D eigenvalue weighted by Crippen LogP contribution is 2.45. The molecule has 1 aliphatic carbocycles. The number of carbonyl (C=O) groups is 2. The van der Waals surface area contributed by atoms with Crippen LogP contribution in [0, 0.1) is 17.7 Å². The third-order valence-corrected chi connectivity index (χ3v) is 5.87. The van der Waals surface area contributed by atoms with Crippen LogP contribution in [0.15, 0.2) is 24.3 Å². The van der Waals surface area contributed by atoms with Crippen molar-refractivity contribution in [3.05, 3.63) is 35.6 Å². The first-order valence-corrected chi connectivity index (χ1v) is 9.67. The summed E-state index contributed by atoms with van der Waals surface area (Å²) in [5, 5.41) is 3.04. The number of urea groups is 1. The number of hydrogen-bond donors (Lipinski definition) is 1. The molecule has 7 heteroatoms. The number of amides is 3. The molecule has 2 heterocycles. The summed E-state index contributed by atoms with van der Waals surface area (Å²) < 4.78 is 13.8. The lowest BCUT2D eigenvalue weighted by Crippen LogP contribution is -2.42. The maximum atomic E-state index is 13.8. The van der Waals surface area contributed by atoms with Gasteiger partial charge in [-0.05, 0) is 36.5 Å². The van der Waals surface area contributed by atoms with E-state index in [0.29, 0.717) is 25.0 Å². The molecule has 4 rings (SSSR count). The van der Waals surface area contributed by atoms with Crippen molar-refractivity contribution in [2.75, 3.05) is 40.3 Å². The van der Waals surface area contributed by atoms with Crippen molar-refractivity contribution >= 4 is 11.9 Å². The highest BCUT2D eigenvalue weighted by atomic mass is 19.1. The second-order valence-electron chi connectivity index (χ2n) is 8.29. The lowest BCUT2D eigenvalue weighted by atomic mass is 9.89. The van der Waals surface area contributed by atoms with Crippen LogP contribution in [-0.4, -0.2) is 73.0 Å². The summed E-state index contributed by atoms with van der Waals surface area (Å²) >= 11 is 0. The fourth-order valence-electron chi connectivity index (χ4n) is 4.54. The van der Waals surface area contributed by atoms with Crippen LogP contribution < -0.4 is 5.32 Å². The zero-order valence-corrected chi connectivity index (χ0v) is 15.9. The van der Waals surface area contributed by atoms with Gasteiger partial charge in [0.25, 0.3) is 0 Å². The molecule has 0 unspecified atom stereocenters. The minimum atomic E-state index is -0.285. The van der Waals surface area contributed by atoms with Crippen molar-refractivity contribution in [1.82, 2.24) is 20.0 Å². The van der Waals surface area contributed by atoms with Crippen LogP contribution in [0.4, 0.5) is 9.18 Å². The standard InChI is InChI=1S/C20H27FN4O2/c1-23(2)20(27)25-10-14-9-24(12-18(26)22-16-6-7-16)11-17(14)19(25)13-4-3-5-15(21)8-13/h3-5,8,14,16-17,19H,6-7,9-12H2,1-2H3,(H,22,26)/t14-,17-,19-/m1/s1. The number of carbonyl (C=O) groups excluding carboxylic acids is 2. The zero-order chi connectivity index (χ0) is 19.1. The topological polar surface area (TPSA) is 55.9 Å². The first-order chi connectivity index (χ1) is 12.9. The molecule has 2 aliphatic heterocycles. The van der Waals surface area contributed by atoms with E-state index >= 15 is 0 Å². The van der Waals surface area contributed by atoms with Crippen LogP contribution in [0.2, 0.25) is 0 Å². The highest BCUT2D eigenvalue weighted by molar-refractivity contribution is 5.78. The molecular formula is C20H27FN4O2. The summed E-state index contributed by atoms with van der Waals surface area (Å²) in [6.07, 6.45) is 2.17. The second-order valence-corrected chi connectivity index (χ2v) is 8.29. The number of halogens is 1. The fraction of sp³-hybridized carbons (Fsp3) is 0.600. The average Bonchev–Trinajstić information content (AvgIpc) is 3.22. The van der Waals surface area contributed by atoms with Gasteiger partial charge in [-0.25, -0.2) is 9.18 Å². The third kappa shape index (κ3) is 3.78. The van der Waals surface area contributed by atoms with Crippen molar-refractivity contribution in [3.8, 4) is 0 Å². The molecule has 6 nitrogen and oxygen atoms in total. The number of nitrogens with one attached hydrogen (secondary N) is 1. The predicted molar refractivity (Wildman–Crippen MR) is 99.5 cm³/mol. The largest absolute Gasteiger partial charge is 0.352 e. The van der Waals surface area contributed by atoms with Crippen molar-refractivity contribution in [2.45, 2.75) is 24.9 Å². The SMILES string of the molecule is CN(C)C(=O)N1C[C@H]2CN(CC(=O)NC3CC3)C[C@H]2[C@H]1c1cccc(F)c1. The number of fused-ring (bicyclic) bond motifs is 1. The van der Waals surface area contributed by atoms with Crippen LogP contribution in [0.5, 0.6) is 0 Å². The van der Waals surface area contributed by atoms with Gasteiger partial charge in [0.1, 0.15) is 5.82 Å². The molecule has 0 aromatic heterocycles. The quantitative estimate of drug-likeness (QED) is 0.873. The maximum absolute atomic E-state index is 13.8. The molecule has 1 aromatic carbocycles. The van der Waals surface area contributed by atoms with Crippen molar-refractivity contribution < 1.29 is 14.0 Å². The Labute approximate surface area is 159 Å². The van der Waals surface area contributed by atoms with E-state index in [-0.39, 0.29) is 29.7 Å². The normalized spacial score (nSPS) is 27.5. The van der Waals surface area contributed by atoms with Gasteiger partial charge < -0.3 is 15.1 Å². The van der Waals surface area contributed by atoms with Crippen molar-refractivity contribution in [1.29, 1.82) is 0 Å². The molecule has 27 heavy (non-hydrogen) atoms. The number of hydrogen-bond acceptors (Lipinski definition) is 3. The van der Waals surface area contributed by atoms with E-state index in [9.17, 15) is 14.0 Å². The van der Waals surface area contributed by atoms with Gasteiger partial charge >= 0.3 is 6.03 Å². The van der Waals surface area contributed by atoms with Crippen molar-refractivity contribution in [3.63, 3.8) is 0 Å². The van der Waals surface area contributed by atoms with Gasteiger partial charge in [0, 0.05) is 45.7 Å². The summed E-state index contributed by atoms with van der Waals surface area (Å²) in [5.74, 6) is 0.313. The second kappa shape index (κ2) is 7.11. The highest BCUT2D eigenvalue weighted by Gasteiger charge is 2.49. The van der Waals surface area contributed by atoms with Gasteiger partial charge in [-0.2, -0.15) is 0 Å². The predicted octanol–water partition coefficient (Wildman–Crippen LogP) is 1.69. The maximum Gasteiger partial charge on any atom is 0.320 e. The van der Waals surface area contributed by atoms with E-state index in [0.717, 1.165) is 31.5 Å². The molecule has 1 aromatic rings. The number of likely N-dealkylation sites (tertiary alicyclic amines) is 2. The number of benzene rings is 1. The number of rotatable bonds is 4. The average molecular weight is 374 g/mol. The molecule has 3 amide bonds. The van der Waals surface area contributed by atoms with Gasteiger partial charge in [-0.15, -0.1) is 0 Å². The van der Waals surface area contributed by atoms with Gasteiger partial charge in [-0.1, -0.05) is 12.1 Å². The van der Waals surface area contributed by atoms with E-state index in [2.05, 4.69) is 10.2 Å². The molecule has 146 valence electrons. The van der Waals surface area contributed by atoms with Crippen LogP contribution in [0.3, 0.4) is 0 Å². The Hall–Kier alpha value is -2.15. The molecule has 3 aliphatic rings. The Morgan fingerprint density at radius 3 is 2.67 bits per heavy atom. The van der Waals surface area contributed by atoms with Gasteiger partial charge in [-0.3, -0.25) is 9.69 Å². The molecule has 2 saturated heterocycles. The fourth-order valence-corrected chi connectivity index (χ4v) is 4.54. The summed E-state index contributed by atoms with van der Waals surface area (Å²) in [4.78, 5) is 30.5. The smallest absolute Gasteiger partial charge is 0.320 e. The van der Waals surface area contributed by atoms with E-state index in [1.165, 1.54) is 12.1 Å². The first-order valence-electron chi connectivity index (χ1n) is 9.67. The summed E-state index contributed by atoms with van der Waals surface area (Å²) in [6, 6.07) is 6.73. The lowest BCUT2D eigenvalue weighted by molar-refractivity contribution is -0.122. The molecule has 1 N–H and O–H groups in total. The minimum absolute atomic E-state index is 0.0447. The Kier molecular flexibility index (Phi) is 4.80. The Morgan fingerprint density at radius 1 is 1.22 bits per heavy atom. The van der Waals surface area contributed by atoms with Gasteiger partial charge in [0.2, 0.25) is 5.91 Å². The van der Waals surface area contributed by atoms with Crippen LogP contribution in [-0.2, 0) is 4.79 Å². The Balaban J connectivity index is 1.51.